The van der Waals surface area contributed by atoms with Gasteiger partial charge >= 0.3 is 0 Å². The molecule has 3 rings (SSSR count). The van der Waals surface area contributed by atoms with Crippen LogP contribution in [0.4, 0.5) is 5.95 Å². The highest BCUT2D eigenvalue weighted by Crippen LogP contribution is 2.18. The lowest BCUT2D eigenvalue weighted by Crippen LogP contribution is -2.34. The zero-order chi connectivity index (χ0) is 17.8. The largest absolute Gasteiger partial charge is 0.299 e. The first-order chi connectivity index (χ1) is 12.0. The van der Waals surface area contributed by atoms with Gasteiger partial charge in [0.15, 0.2) is 5.11 Å². The number of thiocarbonyl (C=S) groups is 1. The first-order valence-corrected chi connectivity index (χ1v) is 8.31. The van der Waals surface area contributed by atoms with Gasteiger partial charge in [0, 0.05) is 5.56 Å². The summed E-state index contributed by atoms with van der Waals surface area (Å²) in [6.45, 7) is 4.78. The minimum atomic E-state index is -0.288. The van der Waals surface area contributed by atoms with E-state index in [2.05, 4.69) is 39.9 Å². The van der Waals surface area contributed by atoms with Crippen molar-refractivity contribution in [3.8, 4) is 0 Å². The zero-order valence-corrected chi connectivity index (χ0v) is 14.7. The SMILES string of the molecule is CC(C)Cn1nnc(NC(=S)NC(=O)c2cccc3ccccc23)n1. The maximum atomic E-state index is 12.5. The molecular formula is C17H18N6OS. The molecule has 2 N–H and O–H groups in total. The molecule has 0 bridgehead atoms. The summed E-state index contributed by atoms with van der Waals surface area (Å²) in [7, 11) is 0. The van der Waals surface area contributed by atoms with Gasteiger partial charge in [0.1, 0.15) is 0 Å². The van der Waals surface area contributed by atoms with Crippen LogP contribution in [0, 0.1) is 5.92 Å². The van der Waals surface area contributed by atoms with E-state index < -0.39 is 0 Å². The first kappa shape index (κ1) is 17.0. The number of hydrogen-bond acceptors (Lipinski definition) is 5. The third kappa shape index (κ3) is 4.16. The molecule has 3 aromatic rings. The summed E-state index contributed by atoms with van der Waals surface area (Å²) in [5, 5.41) is 19.4. The molecule has 0 atom stereocenters. The van der Waals surface area contributed by atoms with Gasteiger partial charge in [0.2, 0.25) is 0 Å². The van der Waals surface area contributed by atoms with E-state index in [-0.39, 0.29) is 17.0 Å². The highest BCUT2D eigenvalue weighted by molar-refractivity contribution is 7.80. The van der Waals surface area contributed by atoms with E-state index in [1.807, 2.05) is 36.4 Å². The number of nitrogens with one attached hydrogen (secondary N) is 2. The number of carbonyl (C=O) groups is 1. The minimum Gasteiger partial charge on any atom is -0.299 e. The average Bonchev–Trinajstić information content (AvgIpc) is 3.00. The highest BCUT2D eigenvalue weighted by Gasteiger charge is 2.13. The third-order valence-electron chi connectivity index (χ3n) is 3.47. The number of amides is 1. The van der Waals surface area contributed by atoms with Crippen molar-refractivity contribution in [2.75, 3.05) is 5.32 Å². The van der Waals surface area contributed by atoms with Crippen molar-refractivity contribution in [3.63, 3.8) is 0 Å². The van der Waals surface area contributed by atoms with E-state index in [1.165, 1.54) is 4.80 Å². The minimum absolute atomic E-state index is 0.127. The van der Waals surface area contributed by atoms with Crippen LogP contribution in [0.15, 0.2) is 42.5 Å². The average molecular weight is 354 g/mol. The Bertz CT molecular complexity index is 915. The molecule has 7 nitrogen and oxygen atoms in total. The van der Waals surface area contributed by atoms with Gasteiger partial charge in [0.05, 0.1) is 6.54 Å². The van der Waals surface area contributed by atoms with Crippen LogP contribution in [0.2, 0.25) is 0 Å². The topological polar surface area (TPSA) is 84.7 Å². The monoisotopic (exact) mass is 354 g/mol. The number of carbonyl (C=O) groups excluding carboxylic acids is 1. The standard InChI is InChI=1S/C17H18N6OS/c1-11(2)10-23-21-16(20-22-23)19-17(25)18-15(24)14-9-5-7-12-6-3-4-8-13(12)14/h3-9,11H,10H2,1-2H3,(H2,18,19,21,24,25). The Balaban J connectivity index is 1.68. The predicted octanol–water partition coefficient (Wildman–Crippen LogP) is 2.61. The molecule has 0 aliphatic carbocycles. The molecule has 0 spiro atoms. The molecule has 2 aromatic carbocycles. The van der Waals surface area contributed by atoms with Crippen LogP contribution >= 0.6 is 12.2 Å². The molecule has 128 valence electrons. The number of anilines is 1. The van der Waals surface area contributed by atoms with Gasteiger partial charge in [-0.05, 0) is 40.2 Å². The molecule has 1 heterocycles. The Labute approximate surface area is 150 Å². The Morgan fingerprint density at radius 3 is 2.76 bits per heavy atom. The molecule has 1 aromatic heterocycles. The van der Waals surface area contributed by atoms with Crippen molar-refractivity contribution in [3.05, 3.63) is 48.0 Å². The number of fused-ring (bicyclic) bond motifs is 1. The molecule has 0 unspecified atom stereocenters. The molecule has 8 heteroatoms. The number of rotatable bonds is 4. The third-order valence-corrected chi connectivity index (χ3v) is 3.67. The molecule has 0 fully saturated rings. The van der Waals surface area contributed by atoms with Gasteiger partial charge in [0.25, 0.3) is 11.9 Å². The fourth-order valence-electron chi connectivity index (χ4n) is 2.42. The second-order valence-corrected chi connectivity index (χ2v) is 6.40. The van der Waals surface area contributed by atoms with E-state index in [9.17, 15) is 4.79 Å². The lowest BCUT2D eigenvalue weighted by molar-refractivity contribution is 0.0979. The normalized spacial score (nSPS) is 10.8. The van der Waals surface area contributed by atoms with Crippen LogP contribution in [0.25, 0.3) is 10.8 Å². The summed E-state index contributed by atoms with van der Waals surface area (Å²) in [4.78, 5) is 14.0. The van der Waals surface area contributed by atoms with E-state index in [1.54, 1.807) is 6.07 Å². The van der Waals surface area contributed by atoms with Crippen LogP contribution in [0.5, 0.6) is 0 Å². The predicted molar refractivity (Wildman–Crippen MR) is 100 cm³/mol. The summed E-state index contributed by atoms with van der Waals surface area (Å²) < 4.78 is 0. The number of hydrogen-bond donors (Lipinski definition) is 2. The second kappa shape index (κ2) is 7.35. The summed E-state index contributed by atoms with van der Waals surface area (Å²) >= 11 is 5.17. The highest BCUT2D eigenvalue weighted by atomic mass is 32.1. The van der Waals surface area contributed by atoms with Crippen LogP contribution < -0.4 is 10.6 Å². The molecule has 0 radical (unpaired) electrons. The van der Waals surface area contributed by atoms with E-state index in [0.717, 1.165) is 10.8 Å². The Morgan fingerprint density at radius 1 is 1.20 bits per heavy atom. The second-order valence-electron chi connectivity index (χ2n) is 6.00. The molecule has 1 amide bonds. The summed E-state index contributed by atoms with van der Waals surface area (Å²) in [5.41, 5.74) is 0.554. The van der Waals surface area contributed by atoms with Gasteiger partial charge in [-0.15, -0.1) is 5.10 Å². The van der Waals surface area contributed by atoms with Gasteiger partial charge in [-0.25, -0.2) is 0 Å². The summed E-state index contributed by atoms with van der Waals surface area (Å²) in [6, 6.07) is 13.2. The molecule has 0 aliphatic rings. The van der Waals surface area contributed by atoms with Crippen molar-refractivity contribution in [2.24, 2.45) is 5.92 Å². The van der Waals surface area contributed by atoms with Crippen LogP contribution in [-0.4, -0.2) is 31.2 Å². The number of benzene rings is 2. The van der Waals surface area contributed by atoms with Crippen molar-refractivity contribution >= 4 is 40.0 Å². The molecule has 0 aliphatic heterocycles. The summed E-state index contributed by atoms with van der Waals surface area (Å²) in [5.74, 6) is 0.368. The van der Waals surface area contributed by atoms with Crippen molar-refractivity contribution in [1.82, 2.24) is 25.5 Å². The zero-order valence-electron chi connectivity index (χ0n) is 13.9. The van der Waals surface area contributed by atoms with E-state index in [0.29, 0.717) is 18.0 Å². The van der Waals surface area contributed by atoms with Crippen LogP contribution in [0.1, 0.15) is 24.2 Å². The van der Waals surface area contributed by atoms with Crippen molar-refractivity contribution < 1.29 is 4.79 Å². The van der Waals surface area contributed by atoms with Crippen LogP contribution in [-0.2, 0) is 6.54 Å². The Kier molecular flexibility index (Phi) is 4.99. The lowest BCUT2D eigenvalue weighted by Gasteiger charge is -2.09. The van der Waals surface area contributed by atoms with Gasteiger partial charge < -0.3 is 0 Å². The van der Waals surface area contributed by atoms with Gasteiger partial charge in [-0.2, -0.15) is 4.80 Å². The van der Waals surface area contributed by atoms with E-state index in [4.69, 9.17) is 12.2 Å². The van der Waals surface area contributed by atoms with Crippen LogP contribution in [0.3, 0.4) is 0 Å². The quantitative estimate of drug-likeness (QED) is 0.701. The first-order valence-electron chi connectivity index (χ1n) is 7.91. The molecular weight excluding hydrogens is 336 g/mol. The summed E-state index contributed by atoms with van der Waals surface area (Å²) in [6.07, 6.45) is 0. The molecule has 25 heavy (non-hydrogen) atoms. The maximum absolute atomic E-state index is 12.5. The Hall–Kier alpha value is -2.87. The van der Waals surface area contributed by atoms with Crippen molar-refractivity contribution in [1.29, 1.82) is 0 Å². The van der Waals surface area contributed by atoms with Crippen molar-refractivity contribution in [2.45, 2.75) is 20.4 Å². The van der Waals surface area contributed by atoms with E-state index >= 15 is 0 Å². The molecule has 0 saturated carbocycles. The number of tetrazole rings is 1. The fourth-order valence-corrected chi connectivity index (χ4v) is 2.61. The molecule has 0 saturated heterocycles. The van der Waals surface area contributed by atoms with Gasteiger partial charge in [-0.1, -0.05) is 55.3 Å². The number of aromatic nitrogens is 4. The lowest BCUT2D eigenvalue weighted by atomic mass is 10.0. The fraction of sp³-hybridized carbons (Fsp3) is 0.235. The maximum Gasteiger partial charge on any atom is 0.269 e. The smallest absolute Gasteiger partial charge is 0.269 e. The Morgan fingerprint density at radius 2 is 1.96 bits per heavy atom. The van der Waals surface area contributed by atoms with Gasteiger partial charge in [-0.3, -0.25) is 15.4 Å². The number of nitrogens with zero attached hydrogens (tertiary/aromatic N) is 4.